The van der Waals surface area contributed by atoms with Crippen molar-refractivity contribution in [1.29, 1.82) is 0 Å². The molecule has 2 N–H and O–H groups in total. The van der Waals surface area contributed by atoms with Crippen LogP contribution in [-0.2, 0) is 10.0 Å². The molecule has 0 aromatic carbocycles. The average molecular weight is 329 g/mol. The largest absolute Gasteiger partial charge is 0.328 e. The summed E-state index contributed by atoms with van der Waals surface area (Å²) in [6.45, 7) is 2.83. The van der Waals surface area contributed by atoms with Crippen molar-refractivity contribution in [2.75, 3.05) is 13.1 Å². The van der Waals surface area contributed by atoms with Crippen LogP contribution in [0.2, 0.25) is 8.67 Å². The minimum absolute atomic E-state index is 0.00765. The fourth-order valence-corrected chi connectivity index (χ4v) is 5.67. The third kappa shape index (κ3) is 2.69. The molecule has 1 saturated heterocycles. The standard InChI is InChI=1S/C10H14Cl2N2O2S2/c1-6(13)7-2-3-14(5-7)18(15,16)8-4-9(11)17-10(8)12/h4,6-7H,2-3,5,13H2,1H3. The van der Waals surface area contributed by atoms with E-state index in [1.165, 1.54) is 10.4 Å². The van der Waals surface area contributed by atoms with Crippen LogP contribution < -0.4 is 5.73 Å². The summed E-state index contributed by atoms with van der Waals surface area (Å²) in [5, 5.41) is 0. The summed E-state index contributed by atoms with van der Waals surface area (Å²) in [6.07, 6.45) is 0.784. The second kappa shape index (κ2) is 5.26. The van der Waals surface area contributed by atoms with Gasteiger partial charge in [-0.3, -0.25) is 0 Å². The number of hydrogen-bond acceptors (Lipinski definition) is 4. The third-order valence-electron chi connectivity index (χ3n) is 3.17. The highest BCUT2D eigenvalue weighted by atomic mass is 35.5. The van der Waals surface area contributed by atoms with Gasteiger partial charge in [-0.25, -0.2) is 8.42 Å². The second-order valence-corrected chi connectivity index (χ2v) is 8.65. The first-order chi connectivity index (χ1) is 8.32. The van der Waals surface area contributed by atoms with Gasteiger partial charge < -0.3 is 5.73 Å². The zero-order valence-electron chi connectivity index (χ0n) is 9.77. The third-order valence-corrected chi connectivity index (χ3v) is 6.79. The Morgan fingerprint density at radius 2 is 2.22 bits per heavy atom. The average Bonchev–Trinajstić information content (AvgIpc) is 2.85. The molecule has 4 nitrogen and oxygen atoms in total. The first kappa shape index (κ1) is 14.6. The molecular formula is C10H14Cl2N2O2S2. The van der Waals surface area contributed by atoms with Gasteiger partial charge in [-0.2, -0.15) is 4.31 Å². The van der Waals surface area contributed by atoms with Gasteiger partial charge in [0.05, 0.1) is 4.34 Å². The molecule has 1 aromatic rings. The minimum atomic E-state index is -3.54. The van der Waals surface area contributed by atoms with Crippen LogP contribution in [0.1, 0.15) is 13.3 Å². The molecule has 0 radical (unpaired) electrons. The van der Waals surface area contributed by atoms with Crippen LogP contribution in [0.15, 0.2) is 11.0 Å². The van der Waals surface area contributed by atoms with Crippen molar-refractivity contribution in [3.63, 3.8) is 0 Å². The maximum atomic E-state index is 12.4. The molecule has 2 heterocycles. The van der Waals surface area contributed by atoms with E-state index in [0.29, 0.717) is 17.4 Å². The molecule has 0 amide bonds. The van der Waals surface area contributed by atoms with Gasteiger partial charge in [-0.1, -0.05) is 23.2 Å². The highest BCUT2D eigenvalue weighted by molar-refractivity contribution is 7.89. The lowest BCUT2D eigenvalue weighted by atomic mass is 10.0. The topological polar surface area (TPSA) is 63.4 Å². The molecule has 2 unspecified atom stereocenters. The van der Waals surface area contributed by atoms with Crippen molar-refractivity contribution in [1.82, 2.24) is 4.31 Å². The molecular weight excluding hydrogens is 315 g/mol. The first-order valence-corrected chi connectivity index (χ1v) is 8.54. The van der Waals surface area contributed by atoms with Gasteiger partial charge in [0, 0.05) is 19.1 Å². The van der Waals surface area contributed by atoms with Crippen molar-refractivity contribution in [2.24, 2.45) is 11.7 Å². The highest BCUT2D eigenvalue weighted by Crippen LogP contribution is 2.37. The number of nitrogens with two attached hydrogens (primary N) is 1. The van der Waals surface area contributed by atoms with Crippen LogP contribution in [0, 0.1) is 5.92 Å². The number of rotatable bonds is 3. The van der Waals surface area contributed by atoms with Crippen LogP contribution in [0.4, 0.5) is 0 Å². The summed E-state index contributed by atoms with van der Waals surface area (Å²) in [5.74, 6) is 0.202. The van der Waals surface area contributed by atoms with Gasteiger partial charge in [0.15, 0.2) is 0 Å². The van der Waals surface area contributed by atoms with E-state index in [4.69, 9.17) is 28.9 Å². The van der Waals surface area contributed by atoms with Gasteiger partial charge >= 0.3 is 0 Å². The number of halogens is 2. The Bertz CT molecular complexity index is 542. The number of sulfonamides is 1. The Labute approximate surface area is 121 Å². The molecule has 2 atom stereocenters. The van der Waals surface area contributed by atoms with E-state index >= 15 is 0 Å². The van der Waals surface area contributed by atoms with Gasteiger partial charge in [-0.05, 0) is 25.3 Å². The van der Waals surface area contributed by atoms with Gasteiger partial charge in [-0.15, -0.1) is 11.3 Å². The van der Waals surface area contributed by atoms with Crippen molar-refractivity contribution >= 4 is 44.6 Å². The SMILES string of the molecule is CC(N)C1CCN(S(=O)(=O)c2cc(Cl)sc2Cl)C1. The number of thiophene rings is 1. The van der Waals surface area contributed by atoms with Crippen LogP contribution in [0.3, 0.4) is 0 Å². The Morgan fingerprint density at radius 3 is 2.67 bits per heavy atom. The molecule has 102 valence electrons. The number of hydrogen-bond donors (Lipinski definition) is 1. The van der Waals surface area contributed by atoms with Gasteiger partial charge in [0.2, 0.25) is 10.0 Å². The number of nitrogens with zero attached hydrogens (tertiary/aromatic N) is 1. The van der Waals surface area contributed by atoms with Gasteiger partial charge in [0.1, 0.15) is 9.23 Å². The van der Waals surface area contributed by atoms with E-state index in [1.807, 2.05) is 6.92 Å². The van der Waals surface area contributed by atoms with Gasteiger partial charge in [0.25, 0.3) is 0 Å². The maximum absolute atomic E-state index is 12.4. The van der Waals surface area contributed by atoms with Crippen LogP contribution in [0.25, 0.3) is 0 Å². The predicted octanol–water partition coefficient (Wildman–Crippen LogP) is 2.41. The Morgan fingerprint density at radius 1 is 1.56 bits per heavy atom. The molecule has 18 heavy (non-hydrogen) atoms. The Balaban J connectivity index is 2.26. The van der Waals surface area contributed by atoms with Crippen molar-refractivity contribution < 1.29 is 8.42 Å². The summed E-state index contributed by atoms with van der Waals surface area (Å²) in [7, 11) is -3.54. The van der Waals surface area contributed by atoms with Crippen molar-refractivity contribution in [3.05, 3.63) is 14.7 Å². The molecule has 2 rings (SSSR count). The lowest BCUT2D eigenvalue weighted by Gasteiger charge is -2.17. The molecule has 8 heteroatoms. The molecule has 1 aromatic heterocycles. The van der Waals surface area contributed by atoms with E-state index in [0.717, 1.165) is 17.8 Å². The molecule has 1 aliphatic heterocycles. The summed E-state index contributed by atoms with van der Waals surface area (Å²) >= 11 is 12.8. The molecule has 0 saturated carbocycles. The fourth-order valence-electron chi connectivity index (χ4n) is 2.04. The molecule has 1 fully saturated rings. The quantitative estimate of drug-likeness (QED) is 0.926. The Kier molecular flexibility index (Phi) is 4.26. The van der Waals surface area contributed by atoms with Crippen LogP contribution in [-0.4, -0.2) is 31.9 Å². The van der Waals surface area contributed by atoms with Crippen LogP contribution >= 0.6 is 34.5 Å². The molecule has 0 aliphatic carbocycles. The zero-order chi connectivity index (χ0) is 13.5. The molecule has 0 bridgehead atoms. The van der Waals surface area contributed by atoms with Crippen molar-refractivity contribution in [3.8, 4) is 0 Å². The second-order valence-electron chi connectivity index (χ2n) is 4.46. The molecule has 1 aliphatic rings. The Hall–Kier alpha value is 0.150. The van der Waals surface area contributed by atoms with Crippen LogP contribution in [0.5, 0.6) is 0 Å². The normalized spacial score (nSPS) is 23.4. The smallest absolute Gasteiger partial charge is 0.245 e. The summed E-state index contributed by atoms with van der Waals surface area (Å²) < 4.78 is 26.8. The highest BCUT2D eigenvalue weighted by Gasteiger charge is 2.35. The van der Waals surface area contributed by atoms with E-state index in [1.54, 1.807) is 0 Å². The van der Waals surface area contributed by atoms with E-state index in [2.05, 4.69) is 0 Å². The zero-order valence-corrected chi connectivity index (χ0v) is 12.9. The summed E-state index contributed by atoms with van der Waals surface area (Å²) in [5.41, 5.74) is 5.81. The predicted molar refractivity (Wildman–Crippen MR) is 74.9 cm³/mol. The van der Waals surface area contributed by atoms with E-state index in [9.17, 15) is 8.42 Å². The monoisotopic (exact) mass is 328 g/mol. The first-order valence-electron chi connectivity index (χ1n) is 5.53. The maximum Gasteiger partial charge on any atom is 0.245 e. The van der Waals surface area contributed by atoms with Crippen molar-refractivity contribution in [2.45, 2.75) is 24.3 Å². The lowest BCUT2D eigenvalue weighted by molar-refractivity contribution is 0.429. The minimum Gasteiger partial charge on any atom is -0.328 e. The van der Waals surface area contributed by atoms with E-state index in [-0.39, 0.29) is 21.2 Å². The summed E-state index contributed by atoms with van der Waals surface area (Å²) in [6, 6.07) is 1.40. The summed E-state index contributed by atoms with van der Waals surface area (Å²) in [4.78, 5) is 0.101. The van der Waals surface area contributed by atoms with E-state index < -0.39 is 10.0 Å². The lowest BCUT2D eigenvalue weighted by Crippen LogP contribution is -2.33. The molecule has 0 spiro atoms. The fraction of sp³-hybridized carbons (Fsp3) is 0.600.